The molecular weight excluding hydrogens is 302 g/mol. The predicted octanol–water partition coefficient (Wildman–Crippen LogP) is 3.31. The van der Waals surface area contributed by atoms with Gasteiger partial charge in [-0.3, -0.25) is 10.1 Å². The van der Waals surface area contributed by atoms with Gasteiger partial charge in [0.25, 0.3) is 0 Å². The van der Waals surface area contributed by atoms with E-state index in [4.69, 9.17) is 0 Å². The molecular formula is C14H19N5O2S. The molecule has 0 atom stereocenters. The number of rotatable bonds is 6. The molecule has 2 aromatic rings. The molecule has 8 heteroatoms. The molecule has 0 saturated heterocycles. The van der Waals surface area contributed by atoms with Crippen molar-refractivity contribution in [1.29, 1.82) is 0 Å². The summed E-state index contributed by atoms with van der Waals surface area (Å²) in [4.78, 5) is 20.1. The summed E-state index contributed by atoms with van der Waals surface area (Å²) in [5, 5.41) is 19.5. The second kappa shape index (κ2) is 6.69. The van der Waals surface area contributed by atoms with Gasteiger partial charge in [-0.1, -0.05) is 6.07 Å². The highest BCUT2D eigenvalue weighted by Gasteiger charge is 2.25. The van der Waals surface area contributed by atoms with Crippen LogP contribution in [0.2, 0.25) is 0 Å². The lowest BCUT2D eigenvalue weighted by Gasteiger charge is -2.21. The van der Waals surface area contributed by atoms with E-state index in [1.165, 1.54) is 11.2 Å². The van der Waals surface area contributed by atoms with Gasteiger partial charge in [-0.2, -0.15) is 0 Å². The van der Waals surface area contributed by atoms with E-state index in [2.05, 4.69) is 20.6 Å². The molecule has 2 heterocycles. The number of anilines is 2. The highest BCUT2D eigenvalue weighted by atomic mass is 32.1. The van der Waals surface area contributed by atoms with Gasteiger partial charge in [0, 0.05) is 17.0 Å². The van der Waals surface area contributed by atoms with E-state index in [1.807, 2.05) is 38.3 Å². The highest BCUT2D eigenvalue weighted by Crippen LogP contribution is 2.30. The monoisotopic (exact) mass is 321 g/mol. The van der Waals surface area contributed by atoms with Crippen LogP contribution >= 0.6 is 11.3 Å². The maximum absolute atomic E-state index is 11.4. The van der Waals surface area contributed by atoms with Crippen LogP contribution in [0.4, 0.5) is 17.3 Å². The van der Waals surface area contributed by atoms with E-state index < -0.39 is 4.92 Å². The van der Waals surface area contributed by atoms with Crippen LogP contribution in [-0.4, -0.2) is 27.0 Å². The molecule has 0 bridgehead atoms. The van der Waals surface area contributed by atoms with Crippen molar-refractivity contribution in [3.05, 3.63) is 38.8 Å². The molecule has 118 valence electrons. The summed E-state index contributed by atoms with van der Waals surface area (Å²) in [6.07, 6.45) is 2.12. The molecule has 0 amide bonds. The molecule has 0 aliphatic rings. The Balaban J connectivity index is 2.15. The van der Waals surface area contributed by atoms with E-state index in [-0.39, 0.29) is 22.9 Å². The Labute approximate surface area is 133 Å². The van der Waals surface area contributed by atoms with Gasteiger partial charge in [0.05, 0.1) is 4.92 Å². The summed E-state index contributed by atoms with van der Waals surface area (Å²) >= 11 is 1.66. The molecule has 0 aromatic carbocycles. The minimum atomic E-state index is -0.457. The van der Waals surface area contributed by atoms with Gasteiger partial charge < -0.3 is 10.6 Å². The summed E-state index contributed by atoms with van der Waals surface area (Å²) in [7, 11) is 0. The molecule has 0 fully saturated rings. The molecule has 0 radical (unpaired) electrons. The molecule has 0 aliphatic heterocycles. The lowest BCUT2D eigenvalue weighted by molar-refractivity contribution is -0.383. The number of nitro groups is 1. The quantitative estimate of drug-likeness (QED) is 0.626. The Hall–Kier alpha value is -2.22. The Morgan fingerprint density at radius 1 is 1.32 bits per heavy atom. The predicted molar refractivity (Wildman–Crippen MR) is 88.6 cm³/mol. The topological polar surface area (TPSA) is 93.0 Å². The van der Waals surface area contributed by atoms with Crippen LogP contribution in [0.1, 0.15) is 25.6 Å². The summed E-state index contributed by atoms with van der Waals surface area (Å²) in [5.41, 5.74) is -0.448. The fourth-order valence-corrected chi connectivity index (χ4v) is 2.60. The van der Waals surface area contributed by atoms with Gasteiger partial charge in [-0.15, -0.1) is 11.3 Å². The standard InChI is InChI=1S/C14H19N5O2S/c1-14(2,3)18-13-11(19(20)21)12(16-9-17-13)15-7-6-10-5-4-8-22-10/h4-5,8-9H,6-7H2,1-3H3,(H2,15,16,17,18). The number of thiophene rings is 1. The molecule has 0 saturated carbocycles. The van der Waals surface area contributed by atoms with E-state index in [0.29, 0.717) is 6.54 Å². The van der Waals surface area contributed by atoms with E-state index in [1.54, 1.807) is 11.3 Å². The average molecular weight is 321 g/mol. The molecule has 0 aliphatic carbocycles. The normalized spacial score (nSPS) is 11.2. The molecule has 0 spiro atoms. The molecule has 2 N–H and O–H groups in total. The minimum absolute atomic E-state index is 0.122. The first-order valence-corrected chi connectivity index (χ1v) is 7.78. The van der Waals surface area contributed by atoms with Gasteiger partial charge in [-0.05, 0) is 38.6 Å². The summed E-state index contributed by atoms with van der Waals surface area (Å²) in [6, 6.07) is 4.02. The zero-order valence-electron chi connectivity index (χ0n) is 12.8. The lowest BCUT2D eigenvalue weighted by atomic mass is 10.1. The fourth-order valence-electron chi connectivity index (χ4n) is 1.89. The summed E-state index contributed by atoms with van der Waals surface area (Å²) < 4.78 is 0. The summed E-state index contributed by atoms with van der Waals surface area (Å²) in [6.45, 7) is 6.33. The fraction of sp³-hybridized carbons (Fsp3) is 0.429. The molecule has 22 heavy (non-hydrogen) atoms. The molecule has 2 rings (SSSR count). The maximum Gasteiger partial charge on any atom is 0.353 e. The molecule has 0 unspecified atom stereocenters. The number of nitrogens with zero attached hydrogens (tertiary/aromatic N) is 3. The third kappa shape index (κ3) is 4.39. The Bertz CT molecular complexity index is 637. The van der Waals surface area contributed by atoms with Crippen LogP contribution in [0, 0.1) is 10.1 Å². The van der Waals surface area contributed by atoms with Crippen molar-refractivity contribution < 1.29 is 4.92 Å². The van der Waals surface area contributed by atoms with Crippen molar-refractivity contribution in [3.63, 3.8) is 0 Å². The lowest BCUT2D eigenvalue weighted by Crippen LogP contribution is -2.27. The van der Waals surface area contributed by atoms with Crippen molar-refractivity contribution in [1.82, 2.24) is 9.97 Å². The van der Waals surface area contributed by atoms with Gasteiger partial charge in [0.15, 0.2) is 0 Å². The highest BCUT2D eigenvalue weighted by molar-refractivity contribution is 7.09. The third-order valence-electron chi connectivity index (χ3n) is 2.74. The van der Waals surface area contributed by atoms with Crippen LogP contribution in [0.5, 0.6) is 0 Å². The first-order valence-electron chi connectivity index (χ1n) is 6.90. The molecule has 2 aromatic heterocycles. The SMILES string of the molecule is CC(C)(C)Nc1ncnc(NCCc2cccs2)c1[N+](=O)[O-]. The van der Waals surface area contributed by atoms with Crippen LogP contribution in [0.25, 0.3) is 0 Å². The average Bonchev–Trinajstić information content (AvgIpc) is 2.89. The number of hydrogen-bond donors (Lipinski definition) is 2. The Morgan fingerprint density at radius 3 is 2.64 bits per heavy atom. The second-order valence-electron chi connectivity index (χ2n) is 5.81. The number of aromatic nitrogens is 2. The zero-order chi connectivity index (χ0) is 16.2. The van der Waals surface area contributed by atoms with Crippen molar-refractivity contribution in [2.24, 2.45) is 0 Å². The third-order valence-corrected chi connectivity index (χ3v) is 3.68. The number of hydrogen-bond acceptors (Lipinski definition) is 7. The van der Waals surface area contributed by atoms with Crippen molar-refractivity contribution in [2.75, 3.05) is 17.2 Å². The van der Waals surface area contributed by atoms with Gasteiger partial charge in [0.1, 0.15) is 6.33 Å². The van der Waals surface area contributed by atoms with Crippen LogP contribution < -0.4 is 10.6 Å². The smallest absolute Gasteiger partial charge is 0.353 e. The van der Waals surface area contributed by atoms with Crippen LogP contribution in [0.15, 0.2) is 23.8 Å². The van der Waals surface area contributed by atoms with Crippen LogP contribution in [0.3, 0.4) is 0 Å². The second-order valence-corrected chi connectivity index (χ2v) is 6.84. The van der Waals surface area contributed by atoms with Crippen molar-refractivity contribution in [2.45, 2.75) is 32.7 Å². The first kappa shape index (κ1) is 16.2. The number of nitrogens with one attached hydrogen (secondary N) is 2. The van der Waals surface area contributed by atoms with Crippen molar-refractivity contribution in [3.8, 4) is 0 Å². The maximum atomic E-state index is 11.4. The van der Waals surface area contributed by atoms with E-state index in [0.717, 1.165) is 6.42 Å². The van der Waals surface area contributed by atoms with Gasteiger partial charge in [0.2, 0.25) is 11.6 Å². The first-order chi connectivity index (χ1) is 10.4. The Morgan fingerprint density at radius 2 is 2.05 bits per heavy atom. The van der Waals surface area contributed by atoms with Gasteiger partial charge in [-0.25, -0.2) is 9.97 Å². The van der Waals surface area contributed by atoms with Gasteiger partial charge >= 0.3 is 5.69 Å². The van der Waals surface area contributed by atoms with Crippen molar-refractivity contribution >= 4 is 28.7 Å². The molecule has 7 nitrogen and oxygen atoms in total. The zero-order valence-corrected chi connectivity index (χ0v) is 13.6. The summed E-state index contributed by atoms with van der Waals surface area (Å²) in [5.74, 6) is 0.467. The largest absolute Gasteiger partial charge is 0.364 e. The van der Waals surface area contributed by atoms with Crippen LogP contribution in [-0.2, 0) is 6.42 Å². The van der Waals surface area contributed by atoms with E-state index >= 15 is 0 Å². The Kier molecular flexibility index (Phi) is 4.92. The minimum Gasteiger partial charge on any atom is -0.364 e. The van der Waals surface area contributed by atoms with E-state index in [9.17, 15) is 10.1 Å².